The van der Waals surface area contributed by atoms with E-state index in [0.717, 1.165) is 25.3 Å². The molecule has 2 fully saturated rings. The van der Waals surface area contributed by atoms with Gasteiger partial charge in [0.2, 0.25) is 5.95 Å². The van der Waals surface area contributed by atoms with Crippen LogP contribution in [0, 0.1) is 10.8 Å². The lowest BCUT2D eigenvalue weighted by atomic mass is 9.65. The molecule has 0 spiro atoms. The summed E-state index contributed by atoms with van der Waals surface area (Å²) in [6, 6.07) is 8.14. The number of nitrogens with zero attached hydrogens (tertiary/aromatic N) is 3. The molecule has 156 valence electrons. The Bertz CT molecular complexity index is 928. The standard InChI is InChI=1S/C22H26F3N3O/c1-20(2)10-14-11-21(3,12-20)13-28(14)19-26-16(9-18(27-19)22(23,24)25)15-7-5-6-8-17(15)29-4/h5-9,14H,10-13H2,1-4H3. The van der Waals surface area contributed by atoms with Crippen LogP contribution < -0.4 is 9.64 Å². The summed E-state index contributed by atoms with van der Waals surface area (Å²) in [7, 11) is 1.50. The maximum atomic E-state index is 13.7. The highest BCUT2D eigenvalue weighted by molar-refractivity contribution is 5.68. The fourth-order valence-corrected chi connectivity index (χ4v) is 5.40. The topological polar surface area (TPSA) is 38.2 Å². The van der Waals surface area contributed by atoms with Gasteiger partial charge >= 0.3 is 6.18 Å². The summed E-state index contributed by atoms with van der Waals surface area (Å²) < 4.78 is 46.3. The number of methoxy groups -OCH3 is 1. The number of para-hydroxylation sites is 1. The highest BCUT2D eigenvalue weighted by Crippen LogP contribution is 2.53. The number of benzene rings is 1. The Hall–Kier alpha value is -2.31. The second kappa shape index (κ2) is 6.61. The van der Waals surface area contributed by atoms with E-state index >= 15 is 0 Å². The van der Waals surface area contributed by atoms with Crippen LogP contribution in [0.3, 0.4) is 0 Å². The molecule has 2 aliphatic rings. The Morgan fingerprint density at radius 1 is 1.10 bits per heavy atom. The lowest BCUT2D eigenvalue weighted by Crippen LogP contribution is -2.35. The van der Waals surface area contributed by atoms with Crippen LogP contribution in [0.2, 0.25) is 0 Å². The fourth-order valence-electron chi connectivity index (χ4n) is 5.40. The molecule has 4 rings (SSSR count). The van der Waals surface area contributed by atoms with E-state index in [1.165, 1.54) is 7.11 Å². The first-order valence-corrected chi connectivity index (χ1v) is 9.86. The number of hydrogen-bond donors (Lipinski definition) is 0. The summed E-state index contributed by atoms with van der Waals surface area (Å²) in [4.78, 5) is 10.5. The molecule has 2 unspecified atom stereocenters. The molecule has 1 saturated carbocycles. The quantitative estimate of drug-likeness (QED) is 0.669. The van der Waals surface area contributed by atoms with Crippen molar-refractivity contribution in [1.82, 2.24) is 9.97 Å². The number of alkyl halides is 3. The van der Waals surface area contributed by atoms with Gasteiger partial charge in [-0.15, -0.1) is 0 Å². The zero-order chi connectivity index (χ0) is 21.0. The van der Waals surface area contributed by atoms with Gasteiger partial charge in [0, 0.05) is 18.2 Å². The molecule has 2 bridgehead atoms. The van der Waals surface area contributed by atoms with Gasteiger partial charge in [0.1, 0.15) is 5.75 Å². The van der Waals surface area contributed by atoms with Crippen LogP contribution in [0.4, 0.5) is 19.1 Å². The minimum atomic E-state index is -4.55. The predicted octanol–water partition coefficient (Wildman–Crippen LogP) is 5.58. The third-order valence-corrected chi connectivity index (χ3v) is 6.06. The third kappa shape index (κ3) is 3.79. The highest BCUT2D eigenvalue weighted by Gasteiger charge is 2.50. The number of fused-ring (bicyclic) bond motifs is 2. The average Bonchev–Trinajstić information content (AvgIpc) is 2.89. The van der Waals surface area contributed by atoms with Crippen molar-refractivity contribution in [2.45, 2.75) is 52.3 Å². The molecule has 0 N–H and O–H groups in total. The molecule has 4 nitrogen and oxygen atoms in total. The Kier molecular flexibility index (Phi) is 4.55. The smallest absolute Gasteiger partial charge is 0.433 e. The van der Waals surface area contributed by atoms with Crippen LogP contribution in [0.25, 0.3) is 11.3 Å². The predicted molar refractivity (Wildman–Crippen MR) is 106 cm³/mol. The van der Waals surface area contributed by atoms with Gasteiger partial charge in [-0.3, -0.25) is 0 Å². The molecule has 1 aliphatic heterocycles. The van der Waals surface area contributed by atoms with Gasteiger partial charge in [-0.2, -0.15) is 13.2 Å². The van der Waals surface area contributed by atoms with Crippen molar-refractivity contribution in [3.8, 4) is 17.0 Å². The van der Waals surface area contributed by atoms with Gasteiger partial charge in [-0.1, -0.05) is 32.9 Å². The molecule has 2 aromatic rings. The van der Waals surface area contributed by atoms with E-state index in [1.54, 1.807) is 24.3 Å². The lowest BCUT2D eigenvalue weighted by Gasteiger charge is -2.39. The second-order valence-electron chi connectivity index (χ2n) is 9.48. The normalized spacial score (nSPS) is 25.9. The maximum absolute atomic E-state index is 13.7. The molecule has 0 amide bonds. The van der Waals surface area contributed by atoms with Gasteiger partial charge in [-0.05, 0) is 48.3 Å². The first-order valence-electron chi connectivity index (χ1n) is 9.86. The molecular weight excluding hydrogens is 379 g/mol. The summed E-state index contributed by atoms with van der Waals surface area (Å²) in [5.74, 6) is 0.644. The fraction of sp³-hybridized carbons (Fsp3) is 0.545. The van der Waals surface area contributed by atoms with Gasteiger partial charge in [-0.25, -0.2) is 9.97 Å². The Morgan fingerprint density at radius 3 is 2.52 bits per heavy atom. The average molecular weight is 405 g/mol. The van der Waals surface area contributed by atoms with Gasteiger partial charge in [0.25, 0.3) is 0 Å². The number of ether oxygens (including phenoxy) is 1. The first-order chi connectivity index (χ1) is 13.5. The summed E-state index contributed by atoms with van der Waals surface area (Å²) in [6.45, 7) is 7.35. The molecule has 2 atom stereocenters. The monoisotopic (exact) mass is 405 g/mol. The van der Waals surface area contributed by atoms with Crippen molar-refractivity contribution in [2.24, 2.45) is 10.8 Å². The van der Waals surface area contributed by atoms with Crippen molar-refractivity contribution in [3.05, 3.63) is 36.0 Å². The van der Waals surface area contributed by atoms with Crippen molar-refractivity contribution in [3.63, 3.8) is 0 Å². The van der Waals surface area contributed by atoms with E-state index < -0.39 is 11.9 Å². The molecule has 0 radical (unpaired) electrons. The highest BCUT2D eigenvalue weighted by atomic mass is 19.4. The van der Waals surface area contributed by atoms with E-state index in [2.05, 4.69) is 30.7 Å². The van der Waals surface area contributed by atoms with E-state index in [-0.39, 0.29) is 28.5 Å². The lowest BCUT2D eigenvalue weighted by molar-refractivity contribution is -0.141. The zero-order valence-electron chi connectivity index (χ0n) is 17.2. The van der Waals surface area contributed by atoms with Crippen molar-refractivity contribution in [2.75, 3.05) is 18.6 Å². The zero-order valence-corrected chi connectivity index (χ0v) is 17.2. The molecular formula is C22H26F3N3O. The summed E-state index contributed by atoms with van der Waals surface area (Å²) in [5.41, 5.74) is 0.0477. The van der Waals surface area contributed by atoms with Crippen LogP contribution in [0.15, 0.2) is 30.3 Å². The molecule has 1 aliphatic carbocycles. The Labute approximate surface area is 169 Å². The number of aromatic nitrogens is 2. The maximum Gasteiger partial charge on any atom is 0.433 e. The second-order valence-corrected chi connectivity index (χ2v) is 9.48. The van der Waals surface area contributed by atoms with Crippen LogP contribution >= 0.6 is 0 Å². The van der Waals surface area contributed by atoms with Crippen LogP contribution in [-0.2, 0) is 6.18 Å². The minimum Gasteiger partial charge on any atom is -0.496 e. The largest absolute Gasteiger partial charge is 0.496 e. The van der Waals surface area contributed by atoms with Crippen LogP contribution in [0.5, 0.6) is 5.75 Å². The van der Waals surface area contributed by atoms with E-state index in [9.17, 15) is 13.2 Å². The first kappa shape index (κ1) is 20.0. The SMILES string of the molecule is COc1ccccc1-c1cc(C(F)(F)F)nc(N2CC3(C)CC2CC(C)(C)C3)n1. The molecule has 1 saturated heterocycles. The Morgan fingerprint density at radius 2 is 1.83 bits per heavy atom. The molecule has 29 heavy (non-hydrogen) atoms. The van der Waals surface area contributed by atoms with Gasteiger partial charge < -0.3 is 9.64 Å². The molecule has 1 aromatic carbocycles. The van der Waals surface area contributed by atoms with Crippen molar-refractivity contribution < 1.29 is 17.9 Å². The minimum absolute atomic E-state index is 0.0641. The summed E-state index contributed by atoms with van der Waals surface area (Å²) in [5, 5.41) is 0. The van der Waals surface area contributed by atoms with E-state index in [0.29, 0.717) is 17.9 Å². The van der Waals surface area contributed by atoms with E-state index in [4.69, 9.17) is 4.74 Å². The molecule has 7 heteroatoms. The van der Waals surface area contributed by atoms with Crippen molar-refractivity contribution in [1.29, 1.82) is 0 Å². The number of rotatable bonds is 3. The van der Waals surface area contributed by atoms with Crippen LogP contribution in [-0.4, -0.2) is 29.7 Å². The summed E-state index contributed by atoms with van der Waals surface area (Å²) >= 11 is 0. The summed E-state index contributed by atoms with van der Waals surface area (Å²) in [6.07, 6.45) is -1.62. The Balaban J connectivity index is 1.82. The molecule has 2 heterocycles. The van der Waals surface area contributed by atoms with Gasteiger partial charge in [0.05, 0.1) is 12.8 Å². The third-order valence-electron chi connectivity index (χ3n) is 6.06. The molecule has 1 aromatic heterocycles. The number of anilines is 1. The van der Waals surface area contributed by atoms with Crippen molar-refractivity contribution >= 4 is 5.95 Å². The van der Waals surface area contributed by atoms with E-state index in [1.807, 2.05) is 4.90 Å². The van der Waals surface area contributed by atoms with Crippen LogP contribution in [0.1, 0.15) is 45.7 Å². The van der Waals surface area contributed by atoms with Gasteiger partial charge in [0.15, 0.2) is 5.69 Å². The number of halogens is 3. The number of hydrogen-bond acceptors (Lipinski definition) is 4.